The van der Waals surface area contributed by atoms with Crippen molar-refractivity contribution in [2.75, 3.05) is 25.0 Å². The summed E-state index contributed by atoms with van der Waals surface area (Å²) in [6, 6.07) is 6.23. The topological polar surface area (TPSA) is 58.4 Å². The maximum absolute atomic E-state index is 6.10. The van der Waals surface area contributed by atoms with Crippen LogP contribution in [0.3, 0.4) is 0 Å². The summed E-state index contributed by atoms with van der Waals surface area (Å²) in [5.41, 5.74) is 2.53. The number of fused-ring (bicyclic) bond motifs is 3. The Bertz CT molecular complexity index is 845. The molecular formula is C16H19ClN6. The second kappa shape index (κ2) is 5.94. The Balaban J connectivity index is 1.68. The average molecular weight is 331 g/mol. The molecule has 0 amide bonds. The quantitative estimate of drug-likeness (QED) is 0.797. The fourth-order valence-electron chi connectivity index (χ4n) is 3.40. The molecule has 1 aliphatic heterocycles. The van der Waals surface area contributed by atoms with Crippen molar-refractivity contribution in [2.24, 2.45) is 0 Å². The first kappa shape index (κ1) is 14.7. The smallest absolute Gasteiger partial charge is 0.203 e. The van der Waals surface area contributed by atoms with E-state index in [4.69, 9.17) is 16.6 Å². The molecule has 0 saturated carbocycles. The Kier molecular flexibility index (Phi) is 3.79. The minimum atomic E-state index is 0.561. The highest BCUT2D eigenvalue weighted by Crippen LogP contribution is 2.24. The van der Waals surface area contributed by atoms with Gasteiger partial charge < -0.3 is 5.32 Å². The third-order valence-electron chi connectivity index (χ3n) is 4.60. The zero-order valence-electron chi connectivity index (χ0n) is 13.0. The summed E-state index contributed by atoms with van der Waals surface area (Å²) in [6.45, 7) is 5.37. The zero-order valence-corrected chi connectivity index (χ0v) is 13.8. The number of nitrogens with one attached hydrogen (secondary N) is 1. The second-order valence-corrected chi connectivity index (χ2v) is 6.36. The molecule has 6 nitrogen and oxygen atoms in total. The SMILES string of the molecule is CCN1CCCC1CNc1nc2ccc(Cl)cc2n2cnnc12. The van der Waals surface area contributed by atoms with Gasteiger partial charge in [0.2, 0.25) is 5.65 Å². The number of aromatic nitrogens is 4. The molecule has 1 aromatic carbocycles. The van der Waals surface area contributed by atoms with E-state index in [1.165, 1.54) is 19.4 Å². The molecular weight excluding hydrogens is 312 g/mol. The molecule has 4 rings (SSSR count). The molecule has 0 bridgehead atoms. The van der Waals surface area contributed by atoms with Crippen molar-refractivity contribution in [3.63, 3.8) is 0 Å². The normalized spacial score (nSPS) is 19.0. The summed E-state index contributed by atoms with van der Waals surface area (Å²) in [5.74, 6) is 0.778. The lowest BCUT2D eigenvalue weighted by atomic mass is 10.2. The molecule has 0 aliphatic carbocycles. The number of likely N-dealkylation sites (N-methyl/N-ethyl adjacent to an activating group) is 1. The molecule has 0 spiro atoms. The standard InChI is InChI=1S/C16H19ClN6/c1-2-22-7-3-4-12(22)9-18-15-16-21-19-10-23(16)14-8-11(17)5-6-13(14)20-15/h5-6,8,10,12H,2-4,7,9H2,1H3,(H,18,20). The van der Waals surface area contributed by atoms with Gasteiger partial charge in [0, 0.05) is 17.6 Å². The van der Waals surface area contributed by atoms with Crippen LogP contribution < -0.4 is 5.32 Å². The van der Waals surface area contributed by atoms with Crippen LogP contribution in [0.4, 0.5) is 5.82 Å². The van der Waals surface area contributed by atoms with Crippen molar-refractivity contribution in [1.82, 2.24) is 24.5 Å². The van der Waals surface area contributed by atoms with Gasteiger partial charge in [0.15, 0.2) is 5.82 Å². The number of hydrogen-bond acceptors (Lipinski definition) is 5. The summed E-state index contributed by atoms with van der Waals surface area (Å²) in [6.07, 6.45) is 4.20. The van der Waals surface area contributed by atoms with Gasteiger partial charge in [-0.2, -0.15) is 0 Å². The number of halogens is 1. The molecule has 1 fully saturated rings. The molecule has 7 heteroatoms. The minimum absolute atomic E-state index is 0.561. The monoisotopic (exact) mass is 330 g/mol. The highest BCUT2D eigenvalue weighted by molar-refractivity contribution is 6.31. The molecule has 1 unspecified atom stereocenters. The summed E-state index contributed by atoms with van der Waals surface area (Å²) in [4.78, 5) is 7.23. The first-order valence-electron chi connectivity index (χ1n) is 8.03. The number of hydrogen-bond donors (Lipinski definition) is 1. The van der Waals surface area contributed by atoms with Crippen molar-refractivity contribution >= 4 is 34.1 Å². The van der Waals surface area contributed by atoms with Crippen molar-refractivity contribution in [2.45, 2.75) is 25.8 Å². The maximum atomic E-state index is 6.10. The Morgan fingerprint density at radius 3 is 3.17 bits per heavy atom. The largest absolute Gasteiger partial charge is 0.365 e. The van der Waals surface area contributed by atoms with Crippen LogP contribution in [0.2, 0.25) is 5.02 Å². The lowest BCUT2D eigenvalue weighted by Gasteiger charge is -2.23. The maximum Gasteiger partial charge on any atom is 0.203 e. The van der Waals surface area contributed by atoms with Gasteiger partial charge in [0.1, 0.15) is 6.33 Å². The van der Waals surface area contributed by atoms with Crippen LogP contribution in [0, 0.1) is 0 Å². The van der Waals surface area contributed by atoms with Crippen LogP contribution in [-0.4, -0.2) is 50.2 Å². The predicted molar refractivity (Wildman–Crippen MR) is 92.1 cm³/mol. The van der Waals surface area contributed by atoms with E-state index in [-0.39, 0.29) is 0 Å². The highest BCUT2D eigenvalue weighted by atomic mass is 35.5. The van der Waals surface area contributed by atoms with Crippen LogP contribution in [0.5, 0.6) is 0 Å². The minimum Gasteiger partial charge on any atom is -0.365 e. The van der Waals surface area contributed by atoms with Crippen molar-refractivity contribution in [1.29, 1.82) is 0 Å². The van der Waals surface area contributed by atoms with Crippen molar-refractivity contribution < 1.29 is 0 Å². The third kappa shape index (κ3) is 2.62. The molecule has 1 atom stereocenters. The molecule has 0 radical (unpaired) electrons. The summed E-state index contributed by atoms with van der Waals surface area (Å²) in [7, 11) is 0. The van der Waals surface area contributed by atoms with Gasteiger partial charge >= 0.3 is 0 Å². The zero-order chi connectivity index (χ0) is 15.8. The van der Waals surface area contributed by atoms with Crippen molar-refractivity contribution in [3.05, 3.63) is 29.5 Å². The van der Waals surface area contributed by atoms with Crippen LogP contribution in [0.15, 0.2) is 24.5 Å². The van der Waals surface area contributed by atoms with Gasteiger partial charge in [-0.3, -0.25) is 9.30 Å². The molecule has 1 aliphatic rings. The van der Waals surface area contributed by atoms with Crippen LogP contribution in [-0.2, 0) is 0 Å². The van der Waals surface area contributed by atoms with Gasteiger partial charge in [-0.25, -0.2) is 4.98 Å². The summed E-state index contributed by atoms with van der Waals surface area (Å²) >= 11 is 6.10. The molecule has 23 heavy (non-hydrogen) atoms. The van der Waals surface area contributed by atoms with Gasteiger partial charge in [-0.15, -0.1) is 10.2 Å². The first-order chi connectivity index (χ1) is 11.3. The fourth-order valence-corrected chi connectivity index (χ4v) is 3.57. The number of anilines is 1. The molecule has 3 aromatic rings. The van der Waals surface area contributed by atoms with E-state index in [0.29, 0.717) is 11.1 Å². The lowest BCUT2D eigenvalue weighted by molar-refractivity contribution is 0.277. The van der Waals surface area contributed by atoms with E-state index in [2.05, 4.69) is 27.3 Å². The van der Waals surface area contributed by atoms with E-state index in [1.807, 2.05) is 22.6 Å². The molecule has 1 N–H and O–H groups in total. The Morgan fingerprint density at radius 1 is 1.39 bits per heavy atom. The van der Waals surface area contributed by atoms with Gasteiger partial charge in [0.25, 0.3) is 0 Å². The average Bonchev–Trinajstić information content (AvgIpc) is 3.22. The Morgan fingerprint density at radius 2 is 2.30 bits per heavy atom. The summed E-state index contributed by atoms with van der Waals surface area (Å²) < 4.78 is 1.93. The summed E-state index contributed by atoms with van der Waals surface area (Å²) in [5, 5.41) is 12.4. The number of nitrogens with zero attached hydrogens (tertiary/aromatic N) is 5. The molecule has 1 saturated heterocycles. The third-order valence-corrected chi connectivity index (χ3v) is 4.83. The predicted octanol–water partition coefficient (Wildman–Crippen LogP) is 2.83. The van der Waals surface area contributed by atoms with E-state index in [9.17, 15) is 0 Å². The molecule has 2 aromatic heterocycles. The molecule has 120 valence electrons. The van der Waals surface area contributed by atoms with Gasteiger partial charge in [-0.05, 0) is 44.1 Å². The number of benzene rings is 1. The van der Waals surface area contributed by atoms with Crippen LogP contribution >= 0.6 is 11.6 Å². The van der Waals surface area contributed by atoms with E-state index < -0.39 is 0 Å². The van der Waals surface area contributed by atoms with E-state index in [0.717, 1.165) is 35.6 Å². The Hall–Kier alpha value is -1.92. The Labute approximate surface area is 139 Å². The van der Waals surface area contributed by atoms with E-state index in [1.54, 1.807) is 6.33 Å². The van der Waals surface area contributed by atoms with E-state index >= 15 is 0 Å². The van der Waals surface area contributed by atoms with Crippen LogP contribution in [0.25, 0.3) is 16.7 Å². The lowest BCUT2D eigenvalue weighted by Crippen LogP contribution is -2.34. The van der Waals surface area contributed by atoms with Gasteiger partial charge in [0.05, 0.1) is 11.0 Å². The van der Waals surface area contributed by atoms with Gasteiger partial charge in [-0.1, -0.05) is 18.5 Å². The van der Waals surface area contributed by atoms with Crippen LogP contribution in [0.1, 0.15) is 19.8 Å². The number of likely N-dealkylation sites (tertiary alicyclic amines) is 1. The highest BCUT2D eigenvalue weighted by Gasteiger charge is 2.23. The first-order valence-corrected chi connectivity index (χ1v) is 8.41. The van der Waals surface area contributed by atoms with Crippen molar-refractivity contribution in [3.8, 4) is 0 Å². The number of rotatable bonds is 4. The molecule has 3 heterocycles. The second-order valence-electron chi connectivity index (χ2n) is 5.92. The fraction of sp³-hybridized carbons (Fsp3) is 0.438.